The van der Waals surface area contributed by atoms with Gasteiger partial charge in [-0.3, -0.25) is 4.79 Å². The van der Waals surface area contributed by atoms with Gasteiger partial charge < -0.3 is 15.6 Å². The fraction of sp³-hybridized carbons (Fsp3) is 0.474. The van der Waals surface area contributed by atoms with Crippen LogP contribution in [0.25, 0.3) is 10.2 Å². The molecule has 1 aromatic carbocycles. The fourth-order valence-corrected chi connectivity index (χ4v) is 4.69. The Bertz CT molecular complexity index is 953. The number of nitrogens with two attached hydrogens (primary N) is 2. The van der Waals surface area contributed by atoms with Crippen molar-refractivity contribution in [2.75, 3.05) is 13.1 Å². The summed E-state index contributed by atoms with van der Waals surface area (Å²) in [5, 5.41) is 1.96. The standard InChI is InChI=1S/C19H22F3N5OS/c20-19(21,22)12-5-6-16-14(8-12)25-18(29-16)15-2-1-7-27(15)17(28)10-26(24)9-13(23)11-3-4-11/h5-6,8-9,11,15H,1-4,7,10,23-24H2/b13-9-. The molecule has 1 unspecified atom stereocenters. The summed E-state index contributed by atoms with van der Waals surface area (Å²) in [6.45, 7) is 0.565. The summed E-state index contributed by atoms with van der Waals surface area (Å²) in [6.07, 6.45) is 0.829. The van der Waals surface area contributed by atoms with Crippen molar-refractivity contribution in [3.8, 4) is 0 Å². The summed E-state index contributed by atoms with van der Waals surface area (Å²) in [5.74, 6) is 6.13. The predicted octanol–water partition coefficient (Wildman–Crippen LogP) is 3.36. The molecule has 0 bridgehead atoms. The normalized spacial score (nSPS) is 20.5. The number of alkyl halides is 3. The van der Waals surface area contributed by atoms with E-state index in [0.29, 0.717) is 33.4 Å². The molecule has 6 nitrogen and oxygen atoms in total. The zero-order chi connectivity index (χ0) is 20.8. The van der Waals surface area contributed by atoms with E-state index < -0.39 is 11.7 Å². The van der Waals surface area contributed by atoms with Gasteiger partial charge in [-0.15, -0.1) is 11.3 Å². The monoisotopic (exact) mass is 425 g/mol. The number of carbonyl (C=O) groups is 1. The minimum absolute atomic E-state index is 0.00691. The molecule has 1 atom stereocenters. The van der Waals surface area contributed by atoms with E-state index in [0.717, 1.165) is 37.8 Å². The number of thiazole rings is 1. The van der Waals surface area contributed by atoms with E-state index in [9.17, 15) is 18.0 Å². The van der Waals surface area contributed by atoms with Gasteiger partial charge in [0.25, 0.3) is 0 Å². The SMILES string of the molecule is N/C(=C\N(N)CC(=O)N1CCCC1c1nc2cc(C(F)(F)F)ccc2s1)C1CC1. The van der Waals surface area contributed by atoms with Crippen LogP contribution in [-0.2, 0) is 11.0 Å². The molecule has 4 N–H and O–H groups in total. The summed E-state index contributed by atoms with van der Waals surface area (Å²) < 4.78 is 39.5. The average molecular weight is 425 g/mol. The Hall–Kier alpha value is -2.33. The summed E-state index contributed by atoms with van der Waals surface area (Å²) >= 11 is 1.33. The molecule has 1 aromatic heterocycles. The quantitative estimate of drug-likeness (QED) is 0.567. The van der Waals surface area contributed by atoms with E-state index in [4.69, 9.17) is 11.6 Å². The Morgan fingerprint density at radius 2 is 2.10 bits per heavy atom. The number of nitrogens with zero attached hydrogens (tertiary/aromatic N) is 3. The second kappa shape index (κ2) is 7.49. The number of allylic oxidation sites excluding steroid dienone is 1. The largest absolute Gasteiger partial charge is 0.416 e. The number of fused-ring (bicyclic) bond motifs is 1. The molecule has 10 heteroatoms. The predicted molar refractivity (Wildman–Crippen MR) is 104 cm³/mol. The maximum Gasteiger partial charge on any atom is 0.416 e. The van der Waals surface area contributed by atoms with E-state index in [1.54, 1.807) is 11.1 Å². The Balaban J connectivity index is 1.50. The number of hydrazine groups is 1. The van der Waals surface area contributed by atoms with Crippen LogP contribution in [0.15, 0.2) is 30.1 Å². The molecule has 2 aliphatic rings. The number of hydrogen-bond donors (Lipinski definition) is 2. The molecule has 2 fully saturated rings. The molecular weight excluding hydrogens is 403 g/mol. The van der Waals surface area contributed by atoms with Gasteiger partial charge in [0.15, 0.2) is 0 Å². The van der Waals surface area contributed by atoms with Crippen LogP contribution >= 0.6 is 11.3 Å². The first kappa shape index (κ1) is 20.0. The molecule has 0 radical (unpaired) electrons. The topological polar surface area (TPSA) is 88.5 Å². The molecular formula is C19H22F3N5OS. The van der Waals surface area contributed by atoms with E-state index in [2.05, 4.69) is 4.98 Å². The lowest BCUT2D eigenvalue weighted by atomic mass is 10.2. The van der Waals surface area contributed by atoms with Crippen LogP contribution < -0.4 is 11.6 Å². The Morgan fingerprint density at radius 3 is 2.79 bits per heavy atom. The number of carbonyl (C=O) groups excluding carboxylic acids is 1. The first-order valence-corrected chi connectivity index (χ1v) is 10.3. The molecule has 0 spiro atoms. The lowest BCUT2D eigenvalue weighted by Crippen LogP contribution is -2.41. The van der Waals surface area contributed by atoms with Gasteiger partial charge >= 0.3 is 6.18 Å². The van der Waals surface area contributed by atoms with Crippen LogP contribution in [0.4, 0.5) is 13.2 Å². The lowest BCUT2D eigenvalue weighted by Gasteiger charge is -2.25. The zero-order valence-electron chi connectivity index (χ0n) is 15.7. The van der Waals surface area contributed by atoms with Crippen molar-refractivity contribution in [2.45, 2.75) is 37.9 Å². The van der Waals surface area contributed by atoms with Crippen molar-refractivity contribution in [3.05, 3.63) is 40.7 Å². The highest BCUT2D eigenvalue weighted by atomic mass is 32.1. The van der Waals surface area contributed by atoms with Gasteiger partial charge in [-0.2, -0.15) is 13.2 Å². The third-order valence-electron chi connectivity index (χ3n) is 5.27. The third kappa shape index (κ3) is 4.32. The van der Waals surface area contributed by atoms with E-state index in [1.807, 2.05) is 0 Å². The van der Waals surface area contributed by atoms with Gasteiger partial charge in [-0.1, -0.05) is 0 Å². The van der Waals surface area contributed by atoms with Crippen LogP contribution in [0.1, 0.15) is 42.3 Å². The highest BCUT2D eigenvalue weighted by Crippen LogP contribution is 2.38. The van der Waals surface area contributed by atoms with Crippen molar-refractivity contribution in [2.24, 2.45) is 17.5 Å². The Labute approximate surface area is 169 Å². The summed E-state index contributed by atoms with van der Waals surface area (Å²) in [6, 6.07) is 3.31. The fourth-order valence-electron chi connectivity index (χ4n) is 3.59. The van der Waals surface area contributed by atoms with Crippen molar-refractivity contribution in [3.63, 3.8) is 0 Å². The molecule has 2 aromatic rings. The maximum atomic E-state index is 12.9. The highest BCUT2D eigenvalue weighted by Gasteiger charge is 2.34. The summed E-state index contributed by atoms with van der Waals surface area (Å²) in [5.41, 5.74) is 6.21. The number of hydrogen-bond acceptors (Lipinski definition) is 6. The highest BCUT2D eigenvalue weighted by molar-refractivity contribution is 7.18. The van der Waals surface area contributed by atoms with Crippen LogP contribution in [-0.4, -0.2) is 33.9 Å². The summed E-state index contributed by atoms with van der Waals surface area (Å²) in [4.78, 5) is 18.9. The van der Waals surface area contributed by atoms with Crippen molar-refractivity contribution >= 4 is 27.5 Å². The summed E-state index contributed by atoms with van der Waals surface area (Å²) in [7, 11) is 0. The van der Waals surface area contributed by atoms with Crippen LogP contribution in [0.3, 0.4) is 0 Å². The number of amides is 1. The smallest absolute Gasteiger partial charge is 0.401 e. The number of halogens is 3. The average Bonchev–Trinajstić information content (AvgIpc) is 3.23. The molecule has 4 rings (SSSR count). The van der Waals surface area contributed by atoms with Gasteiger partial charge in [0.1, 0.15) is 11.6 Å². The van der Waals surface area contributed by atoms with Gasteiger partial charge in [0.05, 0.1) is 21.8 Å². The Morgan fingerprint density at radius 1 is 1.34 bits per heavy atom. The first-order valence-electron chi connectivity index (χ1n) is 9.48. The minimum Gasteiger partial charge on any atom is -0.401 e. The molecule has 2 heterocycles. The molecule has 29 heavy (non-hydrogen) atoms. The number of aromatic nitrogens is 1. The molecule has 1 aliphatic heterocycles. The Kier molecular flexibility index (Phi) is 5.16. The van der Waals surface area contributed by atoms with Crippen LogP contribution in [0.5, 0.6) is 0 Å². The van der Waals surface area contributed by atoms with E-state index in [-0.39, 0.29) is 18.5 Å². The van der Waals surface area contributed by atoms with Crippen molar-refractivity contribution in [1.82, 2.24) is 14.9 Å². The minimum atomic E-state index is -4.41. The maximum absolute atomic E-state index is 12.9. The van der Waals surface area contributed by atoms with Gasteiger partial charge in [-0.05, 0) is 43.9 Å². The molecule has 1 saturated carbocycles. The van der Waals surface area contributed by atoms with Crippen LogP contribution in [0, 0.1) is 5.92 Å². The van der Waals surface area contributed by atoms with Crippen molar-refractivity contribution < 1.29 is 18.0 Å². The zero-order valence-corrected chi connectivity index (χ0v) is 16.5. The van der Waals surface area contributed by atoms with E-state index in [1.165, 1.54) is 22.4 Å². The van der Waals surface area contributed by atoms with E-state index >= 15 is 0 Å². The van der Waals surface area contributed by atoms with Gasteiger partial charge in [-0.25, -0.2) is 10.8 Å². The molecule has 1 aliphatic carbocycles. The number of benzene rings is 1. The lowest BCUT2D eigenvalue weighted by molar-refractivity contribution is -0.137. The van der Waals surface area contributed by atoms with Gasteiger partial charge in [0, 0.05) is 24.4 Å². The first-order chi connectivity index (χ1) is 13.7. The second-order valence-corrected chi connectivity index (χ2v) is 8.62. The number of rotatable bonds is 5. The molecule has 1 amide bonds. The molecule has 156 valence electrons. The van der Waals surface area contributed by atoms with Gasteiger partial charge in [0.2, 0.25) is 5.91 Å². The number of likely N-dealkylation sites (tertiary alicyclic amines) is 1. The van der Waals surface area contributed by atoms with Crippen molar-refractivity contribution in [1.29, 1.82) is 0 Å². The third-order valence-corrected chi connectivity index (χ3v) is 6.41. The van der Waals surface area contributed by atoms with Crippen LogP contribution in [0.2, 0.25) is 0 Å². The molecule has 1 saturated heterocycles. The second-order valence-electron chi connectivity index (χ2n) is 7.55.